The van der Waals surface area contributed by atoms with Gasteiger partial charge in [-0.05, 0) is 36.8 Å². The van der Waals surface area contributed by atoms with Crippen molar-refractivity contribution in [3.05, 3.63) is 62.7 Å². The molecular weight excluding hydrogens is 350 g/mol. The smallest absolute Gasteiger partial charge is 0.273 e. The van der Waals surface area contributed by atoms with Gasteiger partial charge in [0.1, 0.15) is 5.75 Å². The normalized spacial score (nSPS) is 10.6. The highest BCUT2D eigenvalue weighted by atomic mass is 35.5. The Morgan fingerprint density at radius 2 is 2.04 bits per heavy atom. The lowest BCUT2D eigenvalue weighted by molar-refractivity contribution is -0.385. The van der Waals surface area contributed by atoms with E-state index in [2.05, 4.69) is 10.5 Å². The van der Waals surface area contributed by atoms with E-state index in [-0.39, 0.29) is 23.6 Å². The third-order valence-electron chi connectivity index (χ3n) is 3.06. The Hall–Kier alpha value is -3.13. The van der Waals surface area contributed by atoms with Gasteiger partial charge in [0.2, 0.25) is 0 Å². The Kier molecular flexibility index (Phi) is 5.91. The molecule has 2 aromatic rings. The predicted molar refractivity (Wildman–Crippen MR) is 90.2 cm³/mol. The second kappa shape index (κ2) is 8.11. The predicted octanol–water partition coefficient (Wildman–Crippen LogP) is 2.48. The summed E-state index contributed by atoms with van der Waals surface area (Å²) in [4.78, 5) is 22.2. The van der Waals surface area contributed by atoms with Crippen molar-refractivity contribution in [1.82, 2.24) is 5.43 Å². The van der Waals surface area contributed by atoms with Crippen LogP contribution < -0.4 is 15.3 Å². The van der Waals surface area contributed by atoms with Gasteiger partial charge in [-0.25, -0.2) is 5.43 Å². The molecule has 0 saturated carbocycles. The summed E-state index contributed by atoms with van der Waals surface area (Å²) in [6, 6.07) is 8.22. The summed E-state index contributed by atoms with van der Waals surface area (Å²) in [6.45, 7) is 1.83. The van der Waals surface area contributed by atoms with Crippen LogP contribution in [-0.4, -0.2) is 23.7 Å². The molecule has 1 N–H and O–H groups in total. The molecule has 0 atom stereocenters. The number of hydrazone groups is 1. The van der Waals surface area contributed by atoms with Crippen LogP contribution >= 0.6 is 11.6 Å². The molecule has 0 aliphatic carbocycles. The van der Waals surface area contributed by atoms with Crippen molar-refractivity contribution in [2.75, 3.05) is 6.61 Å². The number of nitro groups is 1. The molecule has 0 aromatic heterocycles. The summed E-state index contributed by atoms with van der Waals surface area (Å²) in [5.41, 5.74) is 2.16. The first-order chi connectivity index (χ1) is 11.9. The van der Waals surface area contributed by atoms with Gasteiger partial charge in [0, 0.05) is 16.7 Å². The number of ether oxygens (including phenoxy) is 1. The van der Waals surface area contributed by atoms with Crippen LogP contribution in [0.5, 0.6) is 11.5 Å². The largest absolute Gasteiger partial charge is 0.870 e. The molecule has 0 spiro atoms. The van der Waals surface area contributed by atoms with Crippen LogP contribution in [0.15, 0.2) is 41.5 Å². The van der Waals surface area contributed by atoms with Gasteiger partial charge in [-0.3, -0.25) is 14.9 Å². The van der Waals surface area contributed by atoms with E-state index in [1.54, 1.807) is 19.1 Å². The average Bonchev–Trinajstić information content (AvgIpc) is 2.58. The Morgan fingerprint density at radius 1 is 1.36 bits per heavy atom. The number of carbonyl (C=O) groups is 1. The molecule has 0 fully saturated rings. The number of hydrogen-bond acceptors (Lipinski definition) is 6. The van der Waals surface area contributed by atoms with Crippen molar-refractivity contribution in [2.24, 2.45) is 5.10 Å². The molecule has 0 radical (unpaired) electrons. The Bertz CT molecular complexity index is 821. The van der Waals surface area contributed by atoms with E-state index in [4.69, 9.17) is 16.3 Å². The van der Waals surface area contributed by atoms with Gasteiger partial charge >= 0.3 is 0 Å². The minimum Gasteiger partial charge on any atom is -0.870 e. The third-order valence-corrected chi connectivity index (χ3v) is 3.31. The van der Waals surface area contributed by atoms with Gasteiger partial charge in [0.25, 0.3) is 11.6 Å². The molecule has 0 saturated heterocycles. The van der Waals surface area contributed by atoms with E-state index < -0.39 is 16.6 Å². The molecular formula is C16H13ClN3O5-. The fraction of sp³-hybridized carbons (Fsp3) is 0.125. The zero-order chi connectivity index (χ0) is 18.4. The Labute approximate surface area is 147 Å². The van der Waals surface area contributed by atoms with Crippen LogP contribution in [0.1, 0.15) is 22.8 Å². The molecule has 1 amide bonds. The van der Waals surface area contributed by atoms with E-state index in [0.29, 0.717) is 10.6 Å². The van der Waals surface area contributed by atoms with Crippen molar-refractivity contribution >= 4 is 29.4 Å². The maximum absolute atomic E-state index is 12.2. The van der Waals surface area contributed by atoms with E-state index in [1.165, 1.54) is 12.1 Å². The van der Waals surface area contributed by atoms with Gasteiger partial charge in [-0.1, -0.05) is 17.4 Å². The molecule has 8 nitrogen and oxygen atoms in total. The number of nitro benzene ring substituents is 1. The van der Waals surface area contributed by atoms with Gasteiger partial charge in [-0.2, -0.15) is 5.10 Å². The first-order valence-electron chi connectivity index (χ1n) is 7.13. The minimum absolute atomic E-state index is 0.0749. The fourth-order valence-electron chi connectivity index (χ4n) is 1.90. The summed E-state index contributed by atoms with van der Waals surface area (Å²) >= 11 is 5.74. The second-order valence-corrected chi connectivity index (χ2v) is 5.19. The number of nitrogens with zero attached hydrogens (tertiary/aromatic N) is 2. The molecule has 0 bridgehead atoms. The number of benzene rings is 2. The summed E-state index contributed by atoms with van der Waals surface area (Å²) in [5, 5.41) is 27.2. The lowest BCUT2D eigenvalue weighted by Crippen LogP contribution is -2.17. The first kappa shape index (κ1) is 18.2. The lowest BCUT2D eigenvalue weighted by Gasteiger charge is -2.16. The molecule has 25 heavy (non-hydrogen) atoms. The van der Waals surface area contributed by atoms with Crippen LogP contribution in [0, 0.1) is 10.1 Å². The Morgan fingerprint density at radius 3 is 2.64 bits per heavy atom. The molecule has 9 heteroatoms. The van der Waals surface area contributed by atoms with Crippen molar-refractivity contribution in [1.29, 1.82) is 0 Å². The highest BCUT2D eigenvalue weighted by molar-refractivity contribution is 6.30. The number of carbonyl (C=O) groups excluding carboxylic acids is 1. The van der Waals surface area contributed by atoms with Crippen LogP contribution in [0.4, 0.5) is 5.69 Å². The number of non-ortho nitro benzene ring substituents is 1. The zero-order valence-electron chi connectivity index (χ0n) is 13.1. The highest BCUT2D eigenvalue weighted by Gasteiger charge is 2.12. The van der Waals surface area contributed by atoms with Gasteiger partial charge in [-0.15, -0.1) is 0 Å². The molecule has 0 heterocycles. The number of hydrogen-bond donors (Lipinski definition) is 1. The quantitative estimate of drug-likeness (QED) is 0.481. The van der Waals surface area contributed by atoms with Crippen LogP contribution in [0.25, 0.3) is 0 Å². The number of rotatable bonds is 6. The van der Waals surface area contributed by atoms with Crippen molar-refractivity contribution in [3.63, 3.8) is 0 Å². The molecule has 2 aromatic carbocycles. The fourth-order valence-corrected chi connectivity index (χ4v) is 2.02. The molecule has 0 aliphatic heterocycles. The summed E-state index contributed by atoms with van der Waals surface area (Å²) < 4.78 is 5.10. The van der Waals surface area contributed by atoms with Crippen LogP contribution in [0.3, 0.4) is 0 Å². The first-order valence-corrected chi connectivity index (χ1v) is 7.51. The monoisotopic (exact) mass is 362 g/mol. The topological polar surface area (TPSA) is 117 Å². The summed E-state index contributed by atoms with van der Waals surface area (Å²) in [6.07, 6.45) is 1.03. The molecule has 0 aliphatic rings. The molecule has 0 unspecified atom stereocenters. The SMILES string of the molecule is CCOc1cc([N+](=O)[O-])cc(/C=N/NC(=O)c2ccc(Cl)cc2)c1[O-]. The molecule has 2 rings (SSSR count). The lowest BCUT2D eigenvalue weighted by atomic mass is 10.1. The maximum Gasteiger partial charge on any atom is 0.273 e. The number of amides is 1. The number of nitrogens with one attached hydrogen (secondary N) is 1. The van der Waals surface area contributed by atoms with Crippen LogP contribution in [0.2, 0.25) is 5.02 Å². The van der Waals surface area contributed by atoms with Crippen molar-refractivity contribution < 1.29 is 19.6 Å². The van der Waals surface area contributed by atoms with Gasteiger partial charge < -0.3 is 9.84 Å². The Balaban J connectivity index is 2.20. The van der Waals surface area contributed by atoms with E-state index in [1.807, 2.05) is 0 Å². The van der Waals surface area contributed by atoms with Gasteiger partial charge in [0.05, 0.1) is 23.8 Å². The highest BCUT2D eigenvalue weighted by Crippen LogP contribution is 2.31. The zero-order valence-corrected chi connectivity index (χ0v) is 13.8. The van der Waals surface area contributed by atoms with Gasteiger partial charge in [0.15, 0.2) is 0 Å². The van der Waals surface area contributed by atoms with Crippen molar-refractivity contribution in [3.8, 4) is 11.5 Å². The standard InChI is InChI=1S/C16H14ClN3O5/c1-2-25-14-8-13(20(23)24)7-11(15(14)21)9-18-19-16(22)10-3-5-12(17)6-4-10/h3-9,21H,2H2,1H3,(H,19,22)/p-1/b18-9+. The van der Waals surface area contributed by atoms with E-state index >= 15 is 0 Å². The van der Waals surface area contributed by atoms with E-state index in [9.17, 15) is 20.0 Å². The average molecular weight is 363 g/mol. The van der Waals surface area contributed by atoms with Crippen molar-refractivity contribution in [2.45, 2.75) is 6.92 Å². The second-order valence-electron chi connectivity index (χ2n) is 4.76. The minimum atomic E-state index is -0.647. The molecule has 130 valence electrons. The van der Waals surface area contributed by atoms with Crippen LogP contribution in [-0.2, 0) is 0 Å². The maximum atomic E-state index is 12.2. The summed E-state index contributed by atoms with van der Waals surface area (Å²) in [5.74, 6) is -1.23. The van der Waals surface area contributed by atoms with E-state index in [0.717, 1.165) is 18.3 Å². The third kappa shape index (κ3) is 4.67. The number of halogens is 1. The summed E-state index contributed by atoms with van der Waals surface area (Å²) in [7, 11) is 0.